The molecule has 0 radical (unpaired) electrons. The fourth-order valence-electron chi connectivity index (χ4n) is 3.97. The fraction of sp³-hybridized carbons (Fsp3) is 0.280. The number of piperazine rings is 1. The predicted octanol–water partition coefficient (Wildman–Crippen LogP) is 2.56. The fourth-order valence-corrected chi connectivity index (χ4v) is 4.59. The Morgan fingerprint density at radius 1 is 1.15 bits per heavy atom. The molecule has 0 spiro atoms. The molecule has 1 N–H and O–H groups in total. The van der Waals surface area contributed by atoms with Gasteiger partial charge in [0.1, 0.15) is 11.9 Å². The van der Waals surface area contributed by atoms with E-state index in [1.807, 2.05) is 19.1 Å². The molecule has 0 saturated carbocycles. The van der Waals surface area contributed by atoms with E-state index in [4.69, 9.17) is 0 Å². The molecule has 1 aromatic carbocycles. The summed E-state index contributed by atoms with van der Waals surface area (Å²) in [6, 6.07) is 12.6. The third kappa shape index (κ3) is 5.14. The molecule has 0 unspecified atom stereocenters. The number of Topliss-reactive ketones (excluding diaryl/α,β-unsaturated/α-hetero) is 1. The van der Waals surface area contributed by atoms with Crippen LogP contribution >= 0.6 is 0 Å². The number of rotatable bonds is 6. The minimum Gasteiger partial charge on any atom is -0.353 e. The van der Waals surface area contributed by atoms with Gasteiger partial charge in [0, 0.05) is 62.4 Å². The van der Waals surface area contributed by atoms with Crippen molar-refractivity contribution in [3.8, 4) is 17.2 Å². The first-order chi connectivity index (χ1) is 16.3. The van der Waals surface area contributed by atoms with Gasteiger partial charge < -0.3 is 10.2 Å². The van der Waals surface area contributed by atoms with Crippen molar-refractivity contribution in [2.24, 2.45) is 0 Å². The average molecular weight is 476 g/mol. The number of aryl methyl sites for hydroxylation is 1. The van der Waals surface area contributed by atoms with Gasteiger partial charge in [-0.2, -0.15) is 5.26 Å². The molecular weight excluding hydrogens is 450 g/mol. The van der Waals surface area contributed by atoms with Gasteiger partial charge in [-0.15, -0.1) is 0 Å². The van der Waals surface area contributed by atoms with Crippen LogP contribution in [0.5, 0.6) is 0 Å². The number of carbonyl (C=O) groups is 1. The zero-order valence-electron chi connectivity index (χ0n) is 19.1. The minimum atomic E-state index is -3.46. The number of aromatic nitrogens is 2. The monoisotopic (exact) mass is 475 g/mol. The number of benzene rings is 1. The van der Waals surface area contributed by atoms with Crippen LogP contribution in [0.4, 0.5) is 5.82 Å². The molecule has 0 amide bonds. The predicted molar refractivity (Wildman–Crippen MR) is 130 cm³/mol. The summed E-state index contributed by atoms with van der Waals surface area (Å²) in [5.41, 5.74) is 4.14. The second-order valence-electron chi connectivity index (χ2n) is 8.35. The summed E-state index contributed by atoms with van der Waals surface area (Å²) < 4.78 is 23.5. The third-order valence-corrected chi connectivity index (χ3v) is 6.80. The van der Waals surface area contributed by atoms with Gasteiger partial charge in [0.05, 0.1) is 5.56 Å². The Balaban J connectivity index is 1.62. The summed E-state index contributed by atoms with van der Waals surface area (Å²) in [7, 11) is -3.46. The first kappa shape index (κ1) is 23.5. The summed E-state index contributed by atoms with van der Waals surface area (Å²) in [6.07, 6.45) is 4.28. The lowest BCUT2D eigenvalue weighted by Gasteiger charge is -2.29. The molecule has 2 aromatic heterocycles. The number of hydrogen-bond donors (Lipinski definition) is 1. The maximum Gasteiger partial charge on any atom is 0.192 e. The molecule has 0 aliphatic carbocycles. The summed E-state index contributed by atoms with van der Waals surface area (Å²) in [6.45, 7) is 5.22. The highest BCUT2D eigenvalue weighted by atomic mass is 32.2. The van der Waals surface area contributed by atoms with E-state index in [1.165, 1.54) is 12.3 Å². The molecule has 9 heteroatoms. The van der Waals surface area contributed by atoms with E-state index in [-0.39, 0.29) is 17.2 Å². The van der Waals surface area contributed by atoms with Crippen LogP contribution in [0.15, 0.2) is 53.8 Å². The number of hydrogen-bond acceptors (Lipinski definition) is 8. The lowest BCUT2D eigenvalue weighted by molar-refractivity contribution is 0.0993. The third-order valence-electron chi connectivity index (χ3n) is 5.82. The second-order valence-corrected chi connectivity index (χ2v) is 10.3. The van der Waals surface area contributed by atoms with E-state index in [0.29, 0.717) is 22.5 Å². The van der Waals surface area contributed by atoms with Gasteiger partial charge in [-0.1, -0.05) is 12.1 Å². The molecule has 3 heterocycles. The van der Waals surface area contributed by atoms with Gasteiger partial charge in [0.2, 0.25) is 0 Å². The van der Waals surface area contributed by atoms with Crippen molar-refractivity contribution >= 4 is 21.4 Å². The van der Waals surface area contributed by atoms with Gasteiger partial charge in [-0.05, 0) is 47.9 Å². The molecule has 1 aliphatic rings. The average Bonchev–Trinajstić information content (AvgIpc) is 2.84. The van der Waals surface area contributed by atoms with Gasteiger partial charge in [0.15, 0.2) is 20.6 Å². The van der Waals surface area contributed by atoms with E-state index in [0.717, 1.165) is 49.1 Å². The molecule has 3 aromatic rings. The topological polar surface area (TPSA) is 116 Å². The molecule has 34 heavy (non-hydrogen) atoms. The van der Waals surface area contributed by atoms with E-state index in [2.05, 4.69) is 26.3 Å². The molecule has 4 rings (SSSR count). The number of sulfone groups is 1. The van der Waals surface area contributed by atoms with Crippen molar-refractivity contribution in [3.63, 3.8) is 0 Å². The first-order valence-corrected chi connectivity index (χ1v) is 12.8. The number of ketones is 1. The summed E-state index contributed by atoms with van der Waals surface area (Å²) >= 11 is 0. The Bertz CT molecular complexity index is 1390. The highest BCUT2D eigenvalue weighted by Crippen LogP contribution is 2.29. The lowest BCUT2D eigenvalue weighted by atomic mass is 9.95. The number of pyridine rings is 2. The van der Waals surface area contributed by atoms with Gasteiger partial charge >= 0.3 is 0 Å². The Hall–Kier alpha value is -3.61. The second kappa shape index (κ2) is 9.71. The van der Waals surface area contributed by atoms with Crippen LogP contribution in [0.2, 0.25) is 0 Å². The van der Waals surface area contributed by atoms with Crippen LogP contribution in [-0.4, -0.2) is 56.6 Å². The molecule has 0 atom stereocenters. The van der Waals surface area contributed by atoms with Crippen LogP contribution in [0.3, 0.4) is 0 Å². The molecule has 8 nitrogen and oxygen atoms in total. The Kier molecular flexibility index (Phi) is 6.72. The highest BCUT2D eigenvalue weighted by molar-refractivity contribution is 7.90. The Morgan fingerprint density at radius 3 is 2.62 bits per heavy atom. The number of nitrogens with one attached hydrogen (secondary N) is 1. The van der Waals surface area contributed by atoms with E-state index >= 15 is 0 Å². The summed E-state index contributed by atoms with van der Waals surface area (Å²) in [4.78, 5) is 23.6. The molecule has 174 valence electrons. The van der Waals surface area contributed by atoms with E-state index in [1.54, 1.807) is 24.4 Å². The maximum atomic E-state index is 13.0. The van der Waals surface area contributed by atoms with Crippen molar-refractivity contribution in [1.29, 1.82) is 5.26 Å². The van der Waals surface area contributed by atoms with Crippen molar-refractivity contribution in [1.82, 2.24) is 15.3 Å². The van der Waals surface area contributed by atoms with E-state index < -0.39 is 9.84 Å². The van der Waals surface area contributed by atoms with Crippen LogP contribution in [0.1, 0.15) is 27.0 Å². The van der Waals surface area contributed by atoms with Crippen molar-refractivity contribution < 1.29 is 13.2 Å². The molecule has 1 fully saturated rings. The Labute approximate surface area is 199 Å². The lowest BCUT2D eigenvalue weighted by Crippen LogP contribution is -2.44. The minimum absolute atomic E-state index is 0.0527. The zero-order chi connectivity index (χ0) is 24.3. The van der Waals surface area contributed by atoms with Crippen molar-refractivity contribution in [2.75, 3.05) is 37.3 Å². The van der Waals surface area contributed by atoms with E-state index in [9.17, 15) is 18.5 Å². The highest BCUT2D eigenvalue weighted by Gasteiger charge is 2.18. The molecule has 1 aliphatic heterocycles. The maximum absolute atomic E-state index is 13.0. The number of anilines is 1. The van der Waals surface area contributed by atoms with Crippen LogP contribution in [0, 0.1) is 18.3 Å². The summed E-state index contributed by atoms with van der Waals surface area (Å²) in [5, 5.41) is 13.0. The van der Waals surface area contributed by atoms with Gasteiger partial charge in [-0.3, -0.25) is 4.79 Å². The number of nitrogens with zero attached hydrogens (tertiary/aromatic N) is 4. The van der Waals surface area contributed by atoms with Gasteiger partial charge in [-0.25, -0.2) is 18.4 Å². The van der Waals surface area contributed by atoms with Crippen molar-refractivity contribution in [3.05, 3.63) is 71.0 Å². The molecular formula is C25H25N5O3S. The largest absolute Gasteiger partial charge is 0.353 e. The smallest absolute Gasteiger partial charge is 0.192 e. The summed E-state index contributed by atoms with van der Waals surface area (Å²) in [5.74, 6) is 0.537. The van der Waals surface area contributed by atoms with Crippen molar-refractivity contribution in [2.45, 2.75) is 18.4 Å². The number of nitriles is 1. The number of carbonyl (C=O) groups excluding carboxylic acids is 1. The van der Waals surface area contributed by atoms with Crippen LogP contribution in [-0.2, 0) is 16.3 Å². The Morgan fingerprint density at radius 2 is 1.91 bits per heavy atom. The van der Waals surface area contributed by atoms with Gasteiger partial charge in [0.25, 0.3) is 0 Å². The zero-order valence-corrected chi connectivity index (χ0v) is 19.9. The standard InChI is InChI=1S/C25H25N5O3S/c1-17-3-4-19(23(31)11-18-5-6-28-24(12-18)34(2,32)33)14-22(17)21-13-20(15-26)25(29-16-21)30-9-7-27-8-10-30/h3-6,12-14,16,27H,7-11H2,1-2H3. The quantitative estimate of drug-likeness (QED) is 0.541. The van der Waals surface area contributed by atoms with Crippen LogP contribution < -0.4 is 10.2 Å². The molecule has 1 saturated heterocycles. The molecule has 0 bridgehead atoms. The van der Waals surface area contributed by atoms with Crippen LogP contribution in [0.25, 0.3) is 11.1 Å². The SMILES string of the molecule is Cc1ccc(C(=O)Cc2ccnc(S(C)(=O)=O)c2)cc1-c1cnc(N2CCNCC2)c(C#N)c1. The first-order valence-electron chi connectivity index (χ1n) is 10.9. The normalized spacial score (nSPS) is 14.0.